The molecule has 0 saturated carbocycles. The molecule has 4 heteroatoms. The monoisotopic (exact) mass is 187 g/mol. The number of carboxylic acid groups (broad SMARTS) is 1. The molecule has 13 heavy (non-hydrogen) atoms. The number of rotatable bonds is 5. The van der Waals surface area contributed by atoms with Gasteiger partial charge in [-0.15, -0.1) is 0 Å². The van der Waals surface area contributed by atoms with Crippen LogP contribution in [-0.2, 0) is 9.53 Å². The van der Waals surface area contributed by atoms with E-state index in [4.69, 9.17) is 9.84 Å². The zero-order chi connectivity index (χ0) is 9.73. The van der Waals surface area contributed by atoms with E-state index in [9.17, 15) is 4.79 Å². The maximum absolute atomic E-state index is 11.0. The van der Waals surface area contributed by atoms with Crippen molar-refractivity contribution in [3.63, 3.8) is 0 Å². The lowest BCUT2D eigenvalue weighted by Crippen LogP contribution is -2.34. The fourth-order valence-electron chi connectivity index (χ4n) is 1.66. The van der Waals surface area contributed by atoms with Gasteiger partial charge in [0.1, 0.15) is 0 Å². The van der Waals surface area contributed by atoms with Gasteiger partial charge in [-0.25, -0.2) is 0 Å². The van der Waals surface area contributed by atoms with Gasteiger partial charge in [0.15, 0.2) is 0 Å². The van der Waals surface area contributed by atoms with Crippen molar-refractivity contribution in [3.05, 3.63) is 0 Å². The molecule has 0 amide bonds. The lowest BCUT2D eigenvalue weighted by molar-refractivity contribution is -0.149. The summed E-state index contributed by atoms with van der Waals surface area (Å²) in [6.07, 6.45) is 1.33. The van der Waals surface area contributed by atoms with Crippen LogP contribution in [-0.4, -0.2) is 37.4 Å². The Morgan fingerprint density at radius 1 is 1.69 bits per heavy atom. The third kappa shape index (κ3) is 2.42. The molecule has 0 spiro atoms. The second-order valence-electron chi connectivity index (χ2n) is 3.46. The second-order valence-corrected chi connectivity index (χ2v) is 3.46. The van der Waals surface area contributed by atoms with Gasteiger partial charge in [-0.2, -0.15) is 0 Å². The Morgan fingerprint density at radius 3 is 2.92 bits per heavy atom. The van der Waals surface area contributed by atoms with E-state index < -0.39 is 11.4 Å². The summed E-state index contributed by atoms with van der Waals surface area (Å²) in [5.74, 6) is -0.697. The number of carboxylic acids is 1. The van der Waals surface area contributed by atoms with Gasteiger partial charge >= 0.3 is 5.97 Å². The second kappa shape index (κ2) is 4.58. The predicted octanol–water partition coefficient (Wildman–Crippen LogP) is 0.477. The molecule has 1 aliphatic heterocycles. The number of ether oxygens (including phenoxy) is 1. The molecule has 2 N–H and O–H groups in total. The quantitative estimate of drug-likeness (QED) is 0.614. The number of aliphatic carboxylic acids is 1. The summed E-state index contributed by atoms with van der Waals surface area (Å²) in [6, 6.07) is 0. The Labute approximate surface area is 78.3 Å². The molecule has 1 heterocycles. The standard InChI is InChI=1S/C9H17NO3/c1-2-13-6-4-9(8(11)12)3-5-10-7-9/h10H,2-7H2,1H3,(H,11,12). The molecule has 1 atom stereocenters. The van der Waals surface area contributed by atoms with Crippen molar-refractivity contribution in [1.82, 2.24) is 5.32 Å². The predicted molar refractivity (Wildman–Crippen MR) is 48.7 cm³/mol. The van der Waals surface area contributed by atoms with Crippen LogP contribution in [0.2, 0.25) is 0 Å². The summed E-state index contributed by atoms with van der Waals surface area (Å²) in [6.45, 7) is 4.50. The van der Waals surface area contributed by atoms with Crippen LogP contribution in [0.5, 0.6) is 0 Å². The van der Waals surface area contributed by atoms with Crippen molar-refractivity contribution in [1.29, 1.82) is 0 Å². The van der Waals surface area contributed by atoms with Gasteiger partial charge in [0, 0.05) is 19.8 Å². The van der Waals surface area contributed by atoms with Gasteiger partial charge in [-0.1, -0.05) is 0 Å². The highest BCUT2D eigenvalue weighted by Crippen LogP contribution is 2.29. The molecular formula is C9H17NO3. The van der Waals surface area contributed by atoms with E-state index >= 15 is 0 Å². The van der Waals surface area contributed by atoms with Crippen LogP contribution in [0.15, 0.2) is 0 Å². The van der Waals surface area contributed by atoms with E-state index in [1.807, 2.05) is 6.92 Å². The number of hydrogen-bond acceptors (Lipinski definition) is 3. The van der Waals surface area contributed by atoms with Crippen LogP contribution in [0.3, 0.4) is 0 Å². The highest BCUT2D eigenvalue weighted by Gasteiger charge is 2.40. The van der Waals surface area contributed by atoms with Gasteiger partial charge in [0.25, 0.3) is 0 Å². The summed E-state index contributed by atoms with van der Waals surface area (Å²) >= 11 is 0. The topological polar surface area (TPSA) is 58.6 Å². The van der Waals surface area contributed by atoms with Gasteiger partial charge in [-0.3, -0.25) is 4.79 Å². The van der Waals surface area contributed by atoms with E-state index in [-0.39, 0.29) is 0 Å². The van der Waals surface area contributed by atoms with Crippen LogP contribution in [0.25, 0.3) is 0 Å². The maximum Gasteiger partial charge on any atom is 0.311 e. The van der Waals surface area contributed by atoms with Crippen molar-refractivity contribution >= 4 is 5.97 Å². The zero-order valence-corrected chi connectivity index (χ0v) is 8.01. The fraction of sp³-hybridized carbons (Fsp3) is 0.889. The Balaban J connectivity index is 2.43. The van der Waals surface area contributed by atoms with Gasteiger partial charge in [-0.05, 0) is 26.3 Å². The molecule has 1 saturated heterocycles. The largest absolute Gasteiger partial charge is 0.481 e. The molecule has 76 valence electrons. The smallest absolute Gasteiger partial charge is 0.311 e. The van der Waals surface area contributed by atoms with E-state index in [0.717, 1.165) is 13.0 Å². The van der Waals surface area contributed by atoms with Gasteiger partial charge in [0.05, 0.1) is 5.41 Å². The van der Waals surface area contributed by atoms with Crippen LogP contribution in [0.4, 0.5) is 0 Å². The first-order valence-corrected chi connectivity index (χ1v) is 4.73. The lowest BCUT2D eigenvalue weighted by atomic mass is 9.84. The average molecular weight is 187 g/mol. The van der Waals surface area contributed by atoms with Crippen molar-refractivity contribution in [2.24, 2.45) is 5.41 Å². The number of nitrogens with one attached hydrogen (secondary N) is 1. The average Bonchev–Trinajstić information content (AvgIpc) is 2.55. The molecule has 0 aromatic rings. The number of hydrogen-bond donors (Lipinski definition) is 2. The first-order chi connectivity index (χ1) is 6.21. The summed E-state index contributed by atoms with van der Waals surface area (Å²) in [4.78, 5) is 11.0. The summed E-state index contributed by atoms with van der Waals surface area (Å²) in [5, 5.41) is 12.2. The first kappa shape index (κ1) is 10.5. The molecular weight excluding hydrogens is 170 g/mol. The normalized spacial score (nSPS) is 27.8. The van der Waals surface area contributed by atoms with Crippen LogP contribution >= 0.6 is 0 Å². The minimum atomic E-state index is -0.697. The van der Waals surface area contributed by atoms with Crippen molar-refractivity contribution in [2.45, 2.75) is 19.8 Å². The Hall–Kier alpha value is -0.610. The van der Waals surface area contributed by atoms with Crippen molar-refractivity contribution < 1.29 is 14.6 Å². The number of carbonyl (C=O) groups is 1. The van der Waals surface area contributed by atoms with E-state index in [2.05, 4.69) is 5.32 Å². The van der Waals surface area contributed by atoms with Gasteiger partial charge in [0.2, 0.25) is 0 Å². The highest BCUT2D eigenvalue weighted by atomic mass is 16.5. The van der Waals surface area contributed by atoms with Crippen molar-refractivity contribution in [3.8, 4) is 0 Å². The molecule has 0 aromatic heterocycles. The van der Waals surface area contributed by atoms with E-state index in [1.165, 1.54) is 0 Å². The molecule has 0 bridgehead atoms. The highest BCUT2D eigenvalue weighted by molar-refractivity contribution is 5.75. The van der Waals surface area contributed by atoms with E-state index in [1.54, 1.807) is 0 Å². The first-order valence-electron chi connectivity index (χ1n) is 4.73. The fourth-order valence-corrected chi connectivity index (χ4v) is 1.66. The molecule has 0 radical (unpaired) electrons. The van der Waals surface area contributed by atoms with Crippen LogP contribution in [0.1, 0.15) is 19.8 Å². The third-order valence-corrected chi connectivity index (χ3v) is 2.63. The zero-order valence-electron chi connectivity index (χ0n) is 8.01. The van der Waals surface area contributed by atoms with Gasteiger partial charge < -0.3 is 15.2 Å². The third-order valence-electron chi connectivity index (χ3n) is 2.63. The molecule has 0 aromatic carbocycles. The molecule has 1 rings (SSSR count). The lowest BCUT2D eigenvalue weighted by Gasteiger charge is -2.22. The summed E-state index contributed by atoms with van der Waals surface area (Å²) in [5.41, 5.74) is -0.574. The minimum absolute atomic E-state index is 0.546. The Morgan fingerprint density at radius 2 is 2.46 bits per heavy atom. The molecule has 4 nitrogen and oxygen atoms in total. The minimum Gasteiger partial charge on any atom is -0.481 e. The van der Waals surface area contributed by atoms with E-state index in [0.29, 0.717) is 26.2 Å². The molecule has 1 fully saturated rings. The molecule has 1 unspecified atom stereocenters. The molecule has 0 aliphatic carbocycles. The SMILES string of the molecule is CCOCCC1(C(=O)O)CCNC1. The maximum atomic E-state index is 11.0. The Kier molecular flexibility index (Phi) is 3.69. The van der Waals surface area contributed by atoms with Crippen molar-refractivity contribution in [2.75, 3.05) is 26.3 Å². The summed E-state index contributed by atoms with van der Waals surface area (Å²) in [7, 11) is 0. The Bertz CT molecular complexity index is 176. The summed E-state index contributed by atoms with van der Waals surface area (Å²) < 4.78 is 5.18. The van der Waals surface area contributed by atoms with Crippen LogP contribution in [0, 0.1) is 5.41 Å². The van der Waals surface area contributed by atoms with Crippen LogP contribution < -0.4 is 5.32 Å². The molecule has 1 aliphatic rings.